The van der Waals surface area contributed by atoms with Crippen molar-refractivity contribution in [3.63, 3.8) is 0 Å². The van der Waals surface area contributed by atoms with Gasteiger partial charge >= 0.3 is 13.3 Å². The molecule has 0 radical (unpaired) electrons. The van der Waals surface area contributed by atoms with Gasteiger partial charge < -0.3 is 14.6 Å². The number of benzene rings is 1. The topological polar surface area (TPSA) is 60.5 Å². The molecule has 0 aliphatic carbocycles. The third-order valence-electron chi connectivity index (χ3n) is 5.30. The molecule has 1 aromatic carbocycles. The number of carbonyl (C=O) groups excluding carboxylic acids is 1. The Morgan fingerprint density at radius 3 is 2.30 bits per heavy atom. The smallest absolute Gasteiger partial charge is 0.399 e. The van der Waals surface area contributed by atoms with Crippen LogP contribution >= 0.6 is 0 Å². The van der Waals surface area contributed by atoms with Crippen molar-refractivity contribution in [2.24, 2.45) is 0 Å². The van der Waals surface area contributed by atoms with E-state index in [-0.39, 0.29) is 17.7 Å². The van der Waals surface area contributed by atoms with Crippen molar-refractivity contribution in [2.75, 3.05) is 5.32 Å². The molecule has 3 rings (SSSR count). The Balaban J connectivity index is 1.69. The Bertz CT molecular complexity index is 947. The van der Waals surface area contributed by atoms with E-state index >= 15 is 0 Å². The van der Waals surface area contributed by atoms with E-state index in [1.165, 1.54) is 12.1 Å². The maximum absolute atomic E-state index is 14.6. The van der Waals surface area contributed by atoms with Crippen LogP contribution in [0.4, 0.5) is 23.2 Å². The van der Waals surface area contributed by atoms with E-state index in [1.54, 1.807) is 6.07 Å². The fourth-order valence-electron chi connectivity index (χ4n) is 2.87. The molecule has 1 fully saturated rings. The summed E-state index contributed by atoms with van der Waals surface area (Å²) in [7, 11) is -0.747. The molecule has 160 valence electrons. The van der Waals surface area contributed by atoms with E-state index in [1.807, 2.05) is 27.7 Å². The first-order valence-electron chi connectivity index (χ1n) is 9.24. The molecular weight excluding hydrogens is 403 g/mol. The summed E-state index contributed by atoms with van der Waals surface area (Å²) in [5.41, 5.74) is -1.70. The number of hydrogen-bond donors (Lipinski definition) is 1. The number of nitrogens with one attached hydrogen (secondary N) is 1. The molecule has 0 spiro atoms. The molecule has 0 saturated carbocycles. The van der Waals surface area contributed by atoms with Crippen LogP contribution in [0.2, 0.25) is 0 Å². The predicted molar refractivity (Wildman–Crippen MR) is 104 cm³/mol. The van der Waals surface area contributed by atoms with Crippen molar-refractivity contribution in [3.05, 3.63) is 53.6 Å². The van der Waals surface area contributed by atoms with Crippen LogP contribution < -0.4 is 10.8 Å². The molecule has 5 nitrogen and oxygen atoms in total. The normalized spacial score (nSPS) is 17.8. The van der Waals surface area contributed by atoms with Gasteiger partial charge in [0.2, 0.25) is 5.91 Å². The highest BCUT2D eigenvalue weighted by molar-refractivity contribution is 6.62. The van der Waals surface area contributed by atoms with E-state index in [0.29, 0.717) is 11.7 Å². The van der Waals surface area contributed by atoms with Crippen LogP contribution in [0.15, 0.2) is 36.7 Å². The minimum absolute atomic E-state index is 0.0905. The number of anilines is 1. The van der Waals surface area contributed by atoms with E-state index < -0.39 is 41.8 Å². The summed E-state index contributed by atoms with van der Waals surface area (Å²) in [6.07, 6.45) is -3.19. The highest BCUT2D eigenvalue weighted by Crippen LogP contribution is 2.36. The van der Waals surface area contributed by atoms with Crippen molar-refractivity contribution in [2.45, 2.75) is 51.5 Å². The third-order valence-corrected chi connectivity index (χ3v) is 5.30. The maximum Gasteiger partial charge on any atom is 0.494 e. The summed E-state index contributed by atoms with van der Waals surface area (Å²) in [5.74, 6) is -1.31. The first-order valence-corrected chi connectivity index (χ1v) is 9.24. The van der Waals surface area contributed by atoms with Gasteiger partial charge in [0.05, 0.1) is 35.1 Å². The minimum Gasteiger partial charge on any atom is -0.399 e. The lowest BCUT2D eigenvalue weighted by Gasteiger charge is -2.32. The van der Waals surface area contributed by atoms with Gasteiger partial charge in [0, 0.05) is 6.20 Å². The Hall–Kier alpha value is -2.46. The van der Waals surface area contributed by atoms with Gasteiger partial charge in [-0.1, -0.05) is 12.1 Å². The van der Waals surface area contributed by atoms with Crippen LogP contribution in [-0.4, -0.2) is 29.2 Å². The summed E-state index contributed by atoms with van der Waals surface area (Å²) >= 11 is 0. The number of hydrogen-bond acceptors (Lipinski definition) is 4. The molecule has 1 aromatic heterocycles. The minimum atomic E-state index is -4.58. The van der Waals surface area contributed by atoms with E-state index in [9.17, 15) is 22.4 Å². The summed E-state index contributed by atoms with van der Waals surface area (Å²) < 4.78 is 64.5. The van der Waals surface area contributed by atoms with Crippen LogP contribution in [-0.2, 0) is 26.7 Å². The van der Waals surface area contributed by atoms with Gasteiger partial charge in [0.15, 0.2) is 0 Å². The molecule has 10 heteroatoms. The molecule has 0 bridgehead atoms. The SMILES string of the molecule is CC1(C)OB(c2ccc(CC(=O)Nc3cncc(C(F)(F)F)c3)c(F)c2)OC1(C)C. The number of pyridine rings is 1. The Kier molecular flexibility index (Phi) is 5.68. The van der Waals surface area contributed by atoms with E-state index in [2.05, 4.69) is 10.3 Å². The molecule has 2 aromatic rings. The monoisotopic (exact) mass is 424 g/mol. The average Bonchev–Trinajstić information content (AvgIpc) is 2.84. The van der Waals surface area contributed by atoms with Gasteiger partial charge in [-0.25, -0.2) is 4.39 Å². The number of halogens is 4. The number of alkyl halides is 3. The molecule has 2 heterocycles. The molecule has 0 unspecified atom stereocenters. The van der Waals surface area contributed by atoms with Gasteiger partial charge in [-0.05, 0) is 50.9 Å². The molecule has 1 aliphatic rings. The van der Waals surface area contributed by atoms with Gasteiger partial charge in [0.1, 0.15) is 5.82 Å². The number of carbonyl (C=O) groups is 1. The third kappa shape index (κ3) is 4.65. The second kappa shape index (κ2) is 7.66. The number of nitrogens with zero attached hydrogens (tertiary/aromatic N) is 1. The van der Waals surface area contributed by atoms with E-state index in [4.69, 9.17) is 9.31 Å². The zero-order chi connectivity index (χ0) is 22.3. The Morgan fingerprint density at radius 2 is 1.73 bits per heavy atom. The predicted octanol–water partition coefficient (Wildman–Crippen LogP) is 3.72. The number of rotatable bonds is 4. The Morgan fingerprint density at radius 1 is 1.10 bits per heavy atom. The zero-order valence-electron chi connectivity index (χ0n) is 16.9. The van der Waals surface area contributed by atoms with Crippen LogP contribution in [0.25, 0.3) is 0 Å². The molecular formula is C20H21BF4N2O3. The van der Waals surface area contributed by atoms with Gasteiger partial charge in [-0.2, -0.15) is 13.2 Å². The molecule has 1 aliphatic heterocycles. The molecule has 1 saturated heterocycles. The van der Waals surface area contributed by atoms with Gasteiger partial charge in [-0.3, -0.25) is 9.78 Å². The van der Waals surface area contributed by atoms with Crippen LogP contribution in [0.1, 0.15) is 38.8 Å². The maximum atomic E-state index is 14.6. The Labute approximate surface area is 171 Å². The quantitative estimate of drug-likeness (QED) is 0.601. The summed E-state index contributed by atoms with van der Waals surface area (Å²) in [6.45, 7) is 7.52. The van der Waals surface area contributed by atoms with Crippen molar-refractivity contribution in [1.29, 1.82) is 0 Å². The summed E-state index contributed by atoms with van der Waals surface area (Å²) in [6, 6.07) is 5.03. The first-order chi connectivity index (χ1) is 13.8. The van der Waals surface area contributed by atoms with Gasteiger partial charge in [0.25, 0.3) is 0 Å². The van der Waals surface area contributed by atoms with Crippen molar-refractivity contribution in [3.8, 4) is 0 Å². The largest absolute Gasteiger partial charge is 0.494 e. The zero-order valence-corrected chi connectivity index (χ0v) is 16.9. The van der Waals surface area contributed by atoms with E-state index in [0.717, 1.165) is 12.3 Å². The molecule has 1 amide bonds. The standard InChI is InChI=1S/C20H21BF4N2O3/c1-18(2)19(3,4)30-21(29-18)14-6-5-12(16(22)9-14)7-17(28)27-15-8-13(10-26-11-15)20(23,24)25/h5-6,8-11H,7H2,1-4H3,(H,27,28). The highest BCUT2D eigenvalue weighted by Gasteiger charge is 2.51. The molecule has 0 atom stereocenters. The van der Waals surface area contributed by atoms with Crippen LogP contribution in [0.5, 0.6) is 0 Å². The van der Waals surface area contributed by atoms with Crippen molar-refractivity contribution >= 4 is 24.2 Å². The molecule has 30 heavy (non-hydrogen) atoms. The highest BCUT2D eigenvalue weighted by atomic mass is 19.4. The fraction of sp³-hybridized carbons (Fsp3) is 0.400. The van der Waals surface area contributed by atoms with Crippen molar-refractivity contribution < 1.29 is 31.7 Å². The average molecular weight is 424 g/mol. The first kappa shape index (κ1) is 22.2. The second-order valence-corrected chi connectivity index (χ2v) is 8.12. The van der Waals surface area contributed by atoms with Crippen LogP contribution in [0.3, 0.4) is 0 Å². The second-order valence-electron chi connectivity index (χ2n) is 8.12. The fourth-order valence-corrected chi connectivity index (χ4v) is 2.87. The summed E-state index contributed by atoms with van der Waals surface area (Å²) in [5, 5.41) is 2.30. The lowest BCUT2D eigenvalue weighted by atomic mass is 9.78. The lowest BCUT2D eigenvalue weighted by Crippen LogP contribution is -2.41. The van der Waals surface area contributed by atoms with Crippen LogP contribution in [0, 0.1) is 5.82 Å². The number of amides is 1. The molecule has 1 N–H and O–H groups in total. The number of aromatic nitrogens is 1. The van der Waals surface area contributed by atoms with Gasteiger partial charge in [-0.15, -0.1) is 0 Å². The lowest BCUT2D eigenvalue weighted by molar-refractivity contribution is -0.137. The summed E-state index contributed by atoms with van der Waals surface area (Å²) in [4.78, 5) is 15.6. The van der Waals surface area contributed by atoms with Crippen molar-refractivity contribution in [1.82, 2.24) is 4.98 Å².